The lowest BCUT2D eigenvalue weighted by atomic mass is 10.1. The summed E-state index contributed by atoms with van der Waals surface area (Å²) in [6, 6.07) is 7.03. The zero-order valence-corrected chi connectivity index (χ0v) is 19.0. The SMILES string of the molecule is CC(C)(C)OC(=O)NCCCCCNC(=O)c1ccc(C=C2SC(=S)NC2=O)cc1. The van der Waals surface area contributed by atoms with Crippen molar-refractivity contribution in [2.45, 2.75) is 45.6 Å². The van der Waals surface area contributed by atoms with Gasteiger partial charge >= 0.3 is 6.09 Å². The summed E-state index contributed by atoms with van der Waals surface area (Å²) in [4.78, 5) is 36.0. The molecule has 7 nitrogen and oxygen atoms in total. The van der Waals surface area contributed by atoms with Crippen molar-refractivity contribution >= 4 is 52.3 Å². The normalized spacial score (nSPS) is 15.1. The van der Waals surface area contributed by atoms with Crippen LogP contribution in [0.25, 0.3) is 6.08 Å². The van der Waals surface area contributed by atoms with Crippen molar-refractivity contribution in [3.63, 3.8) is 0 Å². The van der Waals surface area contributed by atoms with Crippen LogP contribution < -0.4 is 16.0 Å². The molecule has 162 valence electrons. The second kappa shape index (κ2) is 11.1. The van der Waals surface area contributed by atoms with Gasteiger partial charge in [-0.3, -0.25) is 9.59 Å². The molecule has 0 aromatic heterocycles. The second-order valence-corrected chi connectivity index (χ2v) is 9.44. The predicted octanol–water partition coefficient (Wildman–Crippen LogP) is 3.60. The maximum absolute atomic E-state index is 12.2. The quantitative estimate of drug-likeness (QED) is 0.319. The van der Waals surface area contributed by atoms with Crippen molar-refractivity contribution < 1.29 is 19.1 Å². The van der Waals surface area contributed by atoms with E-state index in [1.807, 2.05) is 20.8 Å². The minimum absolute atomic E-state index is 0.143. The number of rotatable bonds is 8. The van der Waals surface area contributed by atoms with Crippen LogP contribution >= 0.6 is 24.0 Å². The number of hydrogen-bond acceptors (Lipinski definition) is 6. The Morgan fingerprint density at radius 1 is 1.10 bits per heavy atom. The highest BCUT2D eigenvalue weighted by Crippen LogP contribution is 2.25. The third kappa shape index (κ3) is 8.54. The van der Waals surface area contributed by atoms with Crippen LogP contribution in [0.1, 0.15) is 56.0 Å². The molecule has 0 atom stereocenters. The predicted molar refractivity (Wildman–Crippen MR) is 123 cm³/mol. The fourth-order valence-electron chi connectivity index (χ4n) is 2.54. The molecule has 1 aliphatic rings. The van der Waals surface area contributed by atoms with Crippen molar-refractivity contribution in [2.24, 2.45) is 0 Å². The average molecular weight is 450 g/mol. The topological polar surface area (TPSA) is 96.5 Å². The van der Waals surface area contributed by atoms with Crippen LogP contribution in [0.5, 0.6) is 0 Å². The van der Waals surface area contributed by atoms with Gasteiger partial charge in [-0.15, -0.1) is 0 Å². The summed E-state index contributed by atoms with van der Waals surface area (Å²) in [5.74, 6) is -0.344. The number of thiocarbonyl (C=S) groups is 1. The minimum atomic E-state index is -0.499. The number of thioether (sulfide) groups is 1. The van der Waals surface area contributed by atoms with Crippen molar-refractivity contribution in [1.82, 2.24) is 16.0 Å². The van der Waals surface area contributed by atoms with Gasteiger partial charge in [0.05, 0.1) is 4.91 Å². The Bertz CT molecular complexity index is 830. The monoisotopic (exact) mass is 449 g/mol. The molecule has 1 fully saturated rings. The number of ether oxygens (including phenoxy) is 1. The molecule has 1 aromatic carbocycles. The van der Waals surface area contributed by atoms with E-state index < -0.39 is 11.7 Å². The van der Waals surface area contributed by atoms with Crippen molar-refractivity contribution in [1.29, 1.82) is 0 Å². The van der Waals surface area contributed by atoms with Gasteiger partial charge in [0.2, 0.25) is 0 Å². The molecule has 2 rings (SSSR count). The summed E-state index contributed by atoms with van der Waals surface area (Å²) in [5, 5.41) is 8.17. The summed E-state index contributed by atoms with van der Waals surface area (Å²) in [6.07, 6.45) is 3.84. The van der Waals surface area contributed by atoms with Crippen molar-refractivity contribution in [2.75, 3.05) is 13.1 Å². The van der Waals surface area contributed by atoms with Crippen LogP contribution in [-0.4, -0.2) is 40.9 Å². The average Bonchev–Trinajstić information content (AvgIpc) is 2.96. The molecule has 3 N–H and O–H groups in total. The van der Waals surface area contributed by atoms with Crippen LogP contribution in [0.15, 0.2) is 29.2 Å². The largest absolute Gasteiger partial charge is 0.444 e. The van der Waals surface area contributed by atoms with Gasteiger partial charge in [-0.2, -0.15) is 0 Å². The fraction of sp³-hybridized carbons (Fsp3) is 0.429. The van der Waals surface area contributed by atoms with Gasteiger partial charge in [-0.05, 0) is 63.8 Å². The van der Waals surface area contributed by atoms with E-state index >= 15 is 0 Å². The van der Waals surface area contributed by atoms with Crippen LogP contribution in [-0.2, 0) is 9.53 Å². The zero-order chi connectivity index (χ0) is 22.1. The molecule has 30 heavy (non-hydrogen) atoms. The van der Waals surface area contributed by atoms with E-state index in [1.54, 1.807) is 30.3 Å². The van der Waals surface area contributed by atoms with E-state index in [4.69, 9.17) is 17.0 Å². The Balaban J connectivity index is 1.65. The summed E-state index contributed by atoms with van der Waals surface area (Å²) >= 11 is 6.19. The first-order valence-electron chi connectivity index (χ1n) is 9.74. The lowest BCUT2D eigenvalue weighted by Gasteiger charge is -2.19. The third-order valence-corrected chi connectivity index (χ3v) is 5.08. The Morgan fingerprint density at radius 2 is 1.73 bits per heavy atom. The molecule has 1 heterocycles. The van der Waals surface area contributed by atoms with Crippen LogP contribution in [0, 0.1) is 0 Å². The van der Waals surface area contributed by atoms with E-state index in [0.29, 0.717) is 27.9 Å². The molecule has 0 spiro atoms. The number of nitrogens with one attached hydrogen (secondary N) is 3. The molecule has 0 saturated carbocycles. The number of carbonyl (C=O) groups is 3. The summed E-state index contributed by atoms with van der Waals surface area (Å²) in [5.41, 5.74) is 0.884. The van der Waals surface area contributed by atoms with Gasteiger partial charge in [0.25, 0.3) is 11.8 Å². The molecule has 0 bridgehead atoms. The smallest absolute Gasteiger partial charge is 0.407 e. The first-order valence-corrected chi connectivity index (χ1v) is 11.0. The number of carbonyl (C=O) groups excluding carboxylic acids is 3. The highest BCUT2D eigenvalue weighted by atomic mass is 32.2. The molecule has 1 aliphatic heterocycles. The molecule has 3 amide bonds. The highest BCUT2D eigenvalue weighted by Gasteiger charge is 2.21. The lowest BCUT2D eigenvalue weighted by molar-refractivity contribution is -0.115. The summed E-state index contributed by atoms with van der Waals surface area (Å²) in [6.45, 7) is 6.57. The van der Waals surface area contributed by atoms with Crippen LogP contribution in [0.2, 0.25) is 0 Å². The minimum Gasteiger partial charge on any atom is -0.444 e. The Kier molecular flexibility index (Phi) is 8.86. The summed E-state index contributed by atoms with van der Waals surface area (Å²) < 4.78 is 5.61. The molecular formula is C21H27N3O4S2. The van der Waals surface area contributed by atoms with Crippen LogP contribution in [0.3, 0.4) is 0 Å². The summed E-state index contributed by atoms with van der Waals surface area (Å²) in [7, 11) is 0. The van der Waals surface area contributed by atoms with E-state index in [9.17, 15) is 14.4 Å². The van der Waals surface area contributed by atoms with Gasteiger partial charge in [0, 0.05) is 18.7 Å². The maximum atomic E-state index is 12.2. The number of benzene rings is 1. The zero-order valence-electron chi connectivity index (χ0n) is 17.4. The number of amides is 3. The Hall–Kier alpha value is -2.39. The molecule has 0 unspecified atom stereocenters. The third-order valence-electron chi connectivity index (χ3n) is 3.92. The van der Waals surface area contributed by atoms with E-state index in [2.05, 4.69) is 16.0 Å². The first kappa shape index (κ1) is 23.9. The Labute approximate surface area is 186 Å². The van der Waals surface area contributed by atoms with E-state index in [1.165, 1.54) is 11.8 Å². The molecule has 0 aliphatic carbocycles. The number of unbranched alkanes of at least 4 members (excludes halogenated alkanes) is 2. The Morgan fingerprint density at radius 3 is 2.30 bits per heavy atom. The first-order chi connectivity index (χ1) is 14.1. The number of alkyl carbamates (subject to hydrolysis) is 1. The molecule has 9 heteroatoms. The fourth-order valence-corrected chi connectivity index (χ4v) is 3.58. The van der Waals surface area contributed by atoms with Gasteiger partial charge in [0.1, 0.15) is 9.92 Å². The van der Waals surface area contributed by atoms with Gasteiger partial charge in [-0.1, -0.05) is 36.1 Å². The maximum Gasteiger partial charge on any atom is 0.407 e. The van der Waals surface area contributed by atoms with E-state index in [-0.39, 0.29) is 11.8 Å². The molecule has 0 radical (unpaired) electrons. The van der Waals surface area contributed by atoms with Gasteiger partial charge < -0.3 is 20.7 Å². The van der Waals surface area contributed by atoms with Gasteiger partial charge in [-0.25, -0.2) is 4.79 Å². The van der Waals surface area contributed by atoms with Gasteiger partial charge in [0.15, 0.2) is 0 Å². The standard InChI is InChI=1S/C21H27N3O4S2/c1-21(2,3)28-19(27)23-12-6-4-5-11-22-17(25)15-9-7-14(8-10-15)13-16-18(26)24-20(29)30-16/h7-10,13H,4-6,11-12H2,1-3H3,(H,22,25)(H,23,27)(H,24,26,29). The number of hydrogen-bond donors (Lipinski definition) is 3. The van der Waals surface area contributed by atoms with E-state index in [0.717, 1.165) is 24.8 Å². The molecular weight excluding hydrogens is 422 g/mol. The van der Waals surface area contributed by atoms with Crippen molar-refractivity contribution in [3.05, 3.63) is 40.3 Å². The van der Waals surface area contributed by atoms with Crippen molar-refractivity contribution in [3.8, 4) is 0 Å². The lowest BCUT2D eigenvalue weighted by Crippen LogP contribution is -2.33. The molecule has 1 aromatic rings. The molecule has 1 saturated heterocycles. The highest BCUT2D eigenvalue weighted by molar-refractivity contribution is 8.26. The second-order valence-electron chi connectivity index (χ2n) is 7.72. The van der Waals surface area contributed by atoms with Crippen LogP contribution in [0.4, 0.5) is 4.79 Å².